The third-order valence-corrected chi connectivity index (χ3v) is 4.51. The van der Waals surface area contributed by atoms with Gasteiger partial charge in [0.2, 0.25) is 11.4 Å². The van der Waals surface area contributed by atoms with E-state index in [9.17, 15) is 10.3 Å². The first-order chi connectivity index (χ1) is 11.7. The molecule has 3 aromatic carbocycles. The standard InChI is InChI=1S/C21H17NO2/c23-21(15-16-9-3-1-4-10-16)18-13-7-8-14-19(18)22(24)20(21)17-11-5-2-6-12-17/h1-14,23H,15H2. The second kappa shape index (κ2) is 5.62. The third kappa shape index (κ3) is 2.22. The topological polar surface area (TPSA) is 46.3 Å². The number of benzene rings is 3. The van der Waals surface area contributed by atoms with Gasteiger partial charge in [0.15, 0.2) is 5.60 Å². The number of aliphatic hydroxyl groups is 1. The third-order valence-electron chi connectivity index (χ3n) is 4.51. The fraction of sp³-hybridized carbons (Fsp3) is 0.0952. The Kier molecular flexibility index (Phi) is 3.44. The maximum absolute atomic E-state index is 12.9. The molecule has 1 N–H and O–H groups in total. The minimum atomic E-state index is -1.35. The molecule has 0 amide bonds. The van der Waals surface area contributed by atoms with Gasteiger partial charge in [-0.25, -0.2) is 0 Å². The molecule has 118 valence electrons. The van der Waals surface area contributed by atoms with Crippen molar-refractivity contribution in [3.05, 3.63) is 107 Å². The summed E-state index contributed by atoms with van der Waals surface area (Å²) in [5.41, 5.74) is 1.92. The minimum Gasteiger partial charge on any atom is -0.618 e. The van der Waals surface area contributed by atoms with Crippen molar-refractivity contribution in [2.24, 2.45) is 0 Å². The molecular weight excluding hydrogens is 298 g/mol. The molecule has 1 aliphatic rings. The minimum absolute atomic E-state index is 0.355. The van der Waals surface area contributed by atoms with Gasteiger partial charge >= 0.3 is 0 Å². The molecule has 3 nitrogen and oxygen atoms in total. The van der Waals surface area contributed by atoms with E-state index in [0.29, 0.717) is 23.4 Å². The smallest absolute Gasteiger partial charge is 0.237 e. The highest BCUT2D eigenvalue weighted by Crippen LogP contribution is 2.41. The zero-order valence-corrected chi connectivity index (χ0v) is 13.1. The highest BCUT2D eigenvalue weighted by Gasteiger charge is 2.50. The Morgan fingerprint density at radius 3 is 2.08 bits per heavy atom. The van der Waals surface area contributed by atoms with Crippen LogP contribution in [0.2, 0.25) is 0 Å². The number of para-hydroxylation sites is 1. The van der Waals surface area contributed by atoms with Crippen molar-refractivity contribution in [2.75, 3.05) is 0 Å². The van der Waals surface area contributed by atoms with Crippen LogP contribution in [0.4, 0.5) is 5.69 Å². The van der Waals surface area contributed by atoms with Crippen molar-refractivity contribution < 1.29 is 9.85 Å². The summed E-state index contributed by atoms with van der Waals surface area (Å²) < 4.78 is 0.869. The molecule has 0 saturated carbocycles. The number of hydrogen-bond acceptors (Lipinski definition) is 2. The van der Waals surface area contributed by atoms with Crippen LogP contribution in [-0.2, 0) is 12.0 Å². The van der Waals surface area contributed by atoms with Gasteiger partial charge in [-0.05, 0) is 23.8 Å². The van der Waals surface area contributed by atoms with E-state index in [-0.39, 0.29) is 0 Å². The first-order valence-electron chi connectivity index (χ1n) is 7.96. The number of rotatable bonds is 3. The van der Waals surface area contributed by atoms with Crippen LogP contribution >= 0.6 is 0 Å². The summed E-state index contributed by atoms with van der Waals surface area (Å²) in [4.78, 5) is 0. The Morgan fingerprint density at radius 2 is 1.38 bits per heavy atom. The molecule has 24 heavy (non-hydrogen) atoms. The molecule has 0 aromatic heterocycles. The normalized spacial score (nSPS) is 19.4. The summed E-state index contributed by atoms with van der Waals surface area (Å²) in [6.45, 7) is 0. The molecule has 0 fully saturated rings. The van der Waals surface area contributed by atoms with Gasteiger partial charge in [-0.3, -0.25) is 0 Å². The van der Waals surface area contributed by atoms with E-state index in [1.54, 1.807) is 6.07 Å². The van der Waals surface area contributed by atoms with Crippen LogP contribution in [-0.4, -0.2) is 15.6 Å². The summed E-state index contributed by atoms with van der Waals surface area (Å²) in [6, 6.07) is 26.4. The van der Waals surface area contributed by atoms with E-state index in [0.717, 1.165) is 15.9 Å². The number of fused-ring (bicyclic) bond motifs is 1. The number of nitrogens with zero attached hydrogens (tertiary/aromatic N) is 1. The second-order valence-corrected chi connectivity index (χ2v) is 6.05. The molecule has 3 aromatic rings. The molecule has 0 spiro atoms. The Morgan fingerprint density at radius 1 is 0.792 bits per heavy atom. The maximum Gasteiger partial charge on any atom is 0.237 e. The highest BCUT2D eigenvalue weighted by molar-refractivity contribution is 6.06. The highest BCUT2D eigenvalue weighted by atomic mass is 16.5. The number of hydrogen-bond donors (Lipinski definition) is 1. The predicted octanol–water partition coefficient (Wildman–Crippen LogP) is 3.76. The fourth-order valence-electron chi connectivity index (χ4n) is 3.44. The van der Waals surface area contributed by atoms with Crippen LogP contribution in [0.15, 0.2) is 84.9 Å². The van der Waals surface area contributed by atoms with Crippen molar-refractivity contribution in [2.45, 2.75) is 12.0 Å². The molecule has 0 radical (unpaired) electrons. The van der Waals surface area contributed by atoms with Crippen molar-refractivity contribution in [1.29, 1.82) is 0 Å². The van der Waals surface area contributed by atoms with E-state index < -0.39 is 5.60 Å². The average molecular weight is 315 g/mol. The van der Waals surface area contributed by atoms with Crippen molar-refractivity contribution in [1.82, 2.24) is 0 Å². The summed E-state index contributed by atoms with van der Waals surface area (Å²) in [6.07, 6.45) is 0.355. The van der Waals surface area contributed by atoms with E-state index >= 15 is 0 Å². The van der Waals surface area contributed by atoms with E-state index in [2.05, 4.69) is 0 Å². The Labute approximate surface area is 140 Å². The monoisotopic (exact) mass is 315 g/mol. The van der Waals surface area contributed by atoms with Crippen LogP contribution in [0.1, 0.15) is 16.7 Å². The van der Waals surface area contributed by atoms with Gasteiger partial charge in [-0.2, -0.15) is 4.74 Å². The summed E-state index contributed by atoms with van der Waals surface area (Å²) in [7, 11) is 0. The molecule has 0 bridgehead atoms. The van der Waals surface area contributed by atoms with Crippen molar-refractivity contribution in [3.63, 3.8) is 0 Å². The molecular formula is C21H17NO2. The first-order valence-corrected chi connectivity index (χ1v) is 7.96. The molecule has 1 aliphatic heterocycles. The molecule has 4 rings (SSSR count). The fourth-order valence-corrected chi connectivity index (χ4v) is 3.44. The summed E-state index contributed by atoms with van der Waals surface area (Å²) in [5.74, 6) is 0. The summed E-state index contributed by atoms with van der Waals surface area (Å²) in [5, 5.41) is 24.5. The van der Waals surface area contributed by atoms with Crippen LogP contribution in [0.25, 0.3) is 0 Å². The van der Waals surface area contributed by atoms with Gasteiger partial charge in [0.1, 0.15) is 0 Å². The largest absolute Gasteiger partial charge is 0.618 e. The van der Waals surface area contributed by atoms with Gasteiger partial charge in [0.05, 0.1) is 5.56 Å². The van der Waals surface area contributed by atoms with Crippen molar-refractivity contribution in [3.8, 4) is 0 Å². The molecule has 1 heterocycles. The SMILES string of the molecule is [O-][N+]1=C(c2ccccc2)C(O)(Cc2ccccc2)c2ccccc21. The van der Waals surface area contributed by atoms with Gasteiger partial charge in [0.25, 0.3) is 0 Å². The Bertz CT molecular complexity index is 903. The zero-order valence-electron chi connectivity index (χ0n) is 13.1. The second-order valence-electron chi connectivity index (χ2n) is 6.05. The molecule has 3 heteroatoms. The lowest BCUT2D eigenvalue weighted by atomic mass is 9.82. The molecule has 0 saturated heterocycles. The van der Waals surface area contributed by atoms with Gasteiger partial charge < -0.3 is 10.3 Å². The summed E-state index contributed by atoms with van der Waals surface area (Å²) >= 11 is 0. The molecule has 1 unspecified atom stereocenters. The van der Waals surface area contributed by atoms with Crippen LogP contribution in [0.3, 0.4) is 0 Å². The van der Waals surface area contributed by atoms with E-state index in [4.69, 9.17) is 0 Å². The Balaban J connectivity index is 1.91. The molecule has 1 atom stereocenters. The van der Waals surface area contributed by atoms with Gasteiger partial charge in [-0.15, -0.1) is 0 Å². The zero-order chi connectivity index (χ0) is 16.6. The van der Waals surface area contributed by atoms with Crippen LogP contribution in [0.5, 0.6) is 0 Å². The quantitative estimate of drug-likeness (QED) is 0.591. The lowest BCUT2D eigenvalue weighted by molar-refractivity contribution is -0.359. The molecule has 0 aliphatic carbocycles. The van der Waals surface area contributed by atoms with Crippen LogP contribution < -0.4 is 0 Å². The maximum atomic E-state index is 12.9. The van der Waals surface area contributed by atoms with E-state index in [1.165, 1.54) is 0 Å². The average Bonchev–Trinajstić information content (AvgIpc) is 2.84. The Hall–Kier alpha value is -2.91. The van der Waals surface area contributed by atoms with E-state index in [1.807, 2.05) is 78.9 Å². The lowest BCUT2D eigenvalue weighted by Gasteiger charge is -2.22. The van der Waals surface area contributed by atoms with Gasteiger partial charge in [0, 0.05) is 18.1 Å². The van der Waals surface area contributed by atoms with Crippen LogP contribution in [0, 0.1) is 5.21 Å². The lowest BCUT2D eigenvalue weighted by Crippen LogP contribution is -2.37. The predicted molar refractivity (Wildman–Crippen MR) is 94.3 cm³/mol. The first kappa shape index (κ1) is 14.7. The van der Waals surface area contributed by atoms with Gasteiger partial charge in [-0.1, -0.05) is 60.7 Å². The van der Waals surface area contributed by atoms with Crippen molar-refractivity contribution >= 4 is 11.4 Å².